The molecule has 3 N–H and O–H groups in total. The normalized spacial score (nSPS) is 9.95. The number of carbonyl (C=O) groups is 1. The van der Waals surface area contributed by atoms with Gasteiger partial charge in [-0.05, 0) is 19.1 Å². The minimum atomic E-state index is -0.385. The number of aromatic amines is 1. The number of urea groups is 1. The molecule has 2 rings (SSSR count). The number of anilines is 2. The third-order valence-electron chi connectivity index (χ3n) is 2.59. The first-order chi connectivity index (χ1) is 9.62. The molecule has 0 saturated heterocycles. The smallest absolute Gasteiger partial charge is 0.324 e. The molecule has 0 aliphatic heterocycles. The quantitative estimate of drug-likeness (QED) is 0.800. The van der Waals surface area contributed by atoms with Crippen LogP contribution in [-0.4, -0.2) is 30.4 Å². The number of H-pyrrole nitrogens is 1. The summed E-state index contributed by atoms with van der Waals surface area (Å²) in [7, 11) is 3.09. The summed E-state index contributed by atoms with van der Waals surface area (Å²) >= 11 is 0. The van der Waals surface area contributed by atoms with Crippen LogP contribution in [0.4, 0.5) is 16.3 Å². The van der Waals surface area contributed by atoms with Crippen LogP contribution in [0.25, 0.3) is 0 Å². The van der Waals surface area contributed by atoms with Gasteiger partial charge >= 0.3 is 6.03 Å². The second kappa shape index (κ2) is 5.96. The summed E-state index contributed by atoms with van der Waals surface area (Å²) in [5.41, 5.74) is 1.46. The van der Waals surface area contributed by atoms with E-state index in [4.69, 9.17) is 9.47 Å². The molecule has 0 unspecified atom stereocenters. The minimum absolute atomic E-state index is 0.385. The van der Waals surface area contributed by atoms with Gasteiger partial charge in [-0.3, -0.25) is 10.4 Å². The van der Waals surface area contributed by atoms with Crippen molar-refractivity contribution in [2.75, 3.05) is 24.9 Å². The van der Waals surface area contributed by atoms with E-state index in [1.807, 2.05) is 6.92 Å². The molecule has 2 aromatic rings. The average molecular weight is 276 g/mol. The Kier molecular flexibility index (Phi) is 4.09. The van der Waals surface area contributed by atoms with Gasteiger partial charge in [0, 0.05) is 23.5 Å². The number of rotatable bonds is 4. The Balaban J connectivity index is 2.04. The summed E-state index contributed by atoms with van der Waals surface area (Å²) in [6.07, 6.45) is 0. The standard InChI is InChI=1S/C13H16N4O3/c1-8-6-12(17-16-8)15-13(18)14-9-4-5-10(19-2)11(7-9)20-3/h4-7H,1-3H3,(H3,14,15,16,17,18). The summed E-state index contributed by atoms with van der Waals surface area (Å²) in [6, 6.07) is 6.45. The number of nitrogens with one attached hydrogen (secondary N) is 3. The van der Waals surface area contributed by atoms with Crippen LogP contribution in [0, 0.1) is 6.92 Å². The molecule has 0 saturated carbocycles. The molecule has 0 radical (unpaired) electrons. The van der Waals surface area contributed by atoms with Gasteiger partial charge in [-0.25, -0.2) is 4.79 Å². The molecule has 0 fully saturated rings. The fourth-order valence-electron chi connectivity index (χ4n) is 1.67. The Labute approximate surface area is 116 Å². The molecule has 7 nitrogen and oxygen atoms in total. The van der Waals surface area contributed by atoms with E-state index in [9.17, 15) is 4.79 Å². The Morgan fingerprint density at radius 3 is 2.50 bits per heavy atom. The van der Waals surface area contributed by atoms with Crippen molar-refractivity contribution in [3.8, 4) is 11.5 Å². The van der Waals surface area contributed by atoms with Gasteiger partial charge in [-0.2, -0.15) is 5.10 Å². The van der Waals surface area contributed by atoms with Crippen molar-refractivity contribution in [3.05, 3.63) is 30.0 Å². The number of benzene rings is 1. The largest absolute Gasteiger partial charge is 0.493 e. The van der Waals surface area contributed by atoms with Crippen LogP contribution in [0.3, 0.4) is 0 Å². The highest BCUT2D eigenvalue weighted by atomic mass is 16.5. The third kappa shape index (κ3) is 3.19. The summed E-state index contributed by atoms with van der Waals surface area (Å²) in [6.45, 7) is 1.85. The molecule has 0 aliphatic rings. The van der Waals surface area contributed by atoms with Crippen molar-refractivity contribution in [2.24, 2.45) is 0 Å². The van der Waals surface area contributed by atoms with Crippen molar-refractivity contribution in [1.29, 1.82) is 0 Å². The molecular formula is C13H16N4O3. The number of aryl methyl sites for hydroxylation is 1. The lowest BCUT2D eigenvalue weighted by Gasteiger charge is -2.10. The zero-order valence-electron chi connectivity index (χ0n) is 11.5. The van der Waals surface area contributed by atoms with Gasteiger partial charge in [-0.15, -0.1) is 0 Å². The molecule has 2 amide bonds. The van der Waals surface area contributed by atoms with E-state index in [2.05, 4.69) is 20.8 Å². The molecule has 1 aromatic carbocycles. The van der Waals surface area contributed by atoms with Crippen LogP contribution < -0.4 is 20.1 Å². The summed E-state index contributed by atoms with van der Waals surface area (Å²) in [4.78, 5) is 11.8. The van der Waals surface area contributed by atoms with E-state index in [0.29, 0.717) is 23.0 Å². The molecule has 0 atom stereocenters. The predicted molar refractivity (Wildman–Crippen MR) is 75.5 cm³/mol. The minimum Gasteiger partial charge on any atom is -0.493 e. The van der Waals surface area contributed by atoms with Crippen LogP contribution in [-0.2, 0) is 0 Å². The summed E-state index contributed by atoms with van der Waals surface area (Å²) in [5.74, 6) is 1.60. The molecule has 106 valence electrons. The molecule has 0 spiro atoms. The van der Waals surface area contributed by atoms with Crippen molar-refractivity contribution in [2.45, 2.75) is 6.92 Å². The maximum absolute atomic E-state index is 11.8. The molecular weight excluding hydrogens is 260 g/mol. The maximum atomic E-state index is 11.8. The third-order valence-corrected chi connectivity index (χ3v) is 2.59. The van der Waals surface area contributed by atoms with Crippen LogP contribution in [0.2, 0.25) is 0 Å². The zero-order valence-corrected chi connectivity index (χ0v) is 11.5. The second-order valence-electron chi connectivity index (χ2n) is 4.09. The van der Waals surface area contributed by atoms with E-state index >= 15 is 0 Å². The van der Waals surface area contributed by atoms with E-state index in [1.165, 1.54) is 7.11 Å². The Bertz CT molecular complexity index is 609. The first-order valence-corrected chi connectivity index (χ1v) is 5.94. The molecule has 20 heavy (non-hydrogen) atoms. The van der Waals surface area contributed by atoms with E-state index in [0.717, 1.165) is 5.69 Å². The van der Waals surface area contributed by atoms with Crippen molar-refractivity contribution in [1.82, 2.24) is 10.2 Å². The maximum Gasteiger partial charge on any atom is 0.324 e. The lowest BCUT2D eigenvalue weighted by Crippen LogP contribution is -2.19. The monoisotopic (exact) mass is 276 g/mol. The number of methoxy groups -OCH3 is 2. The van der Waals surface area contributed by atoms with Gasteiger partial charge < -0.3 is 14.8 Å². The lowest BCUT2D eigenvalue weighted by atomic mass is 10.3. The fraction of sp³-hybridized carbons (Fsp3) is 0.231. The van der Waals surface area contributed by atoms with E-state index < -0.39 is 0 Å². The van der Waals surface area contributed by atoms with E-state index in [-0.39, 0.29) is 6.03 Å². The SMILES string of the molecule is COc1ccc(NC(=O)Nc2cc(C)[nH]n2)cc1OC. The Morgan fingerprint density at radius 2 is 1.90 bits per heavy atom. The molecule has 1 aromatic heterocycles. The molecule has 0 bridgehead atoms. The van der Waals surface area contributed by atoms with Gasteiger partial charge in [0.05, 0.1) is 14.2 Å². The fourth-order valence-corrected chi connectivity index (χ4v) is 1.67. The molecule has 0 aliphatic carbocycles. The molecule has 1 heterocycles. The van der Waals surface area contributed by atoms with Gasteiger partial charge in [0.2, 0.25) is 0 Å². The number of ether oxygens (including phenoxy) is 2. The van der Waals surface area contributed by atoms with Crippen LogP contribution >= 0.6 is 0 Å². The van der Waals surface area contributed by atoms with Gasteiger partial charge in [0.25, 0.3) is 0 Å². The van der Waals surface area contributed by atoms with Crippen molar-refractivity contribution in [3.63, 3.8) is 0 Å². The highest BCUT2D eigenvalue weighted by Gasteiger charge is 2.08. The Morgan fingerprint density at radius 1 is 1.15 bits per heavy atom. The first-order valence-electron chi connectivity index (χ1n) is 5.94. The van der Waals surface area contributed by atoms with Crippen molar-refractivity contribution >= 4 is 17.5 Å². The van der Waals surface area contributed by atoms with Crippen LogP contribution in [0.5, 0.6) is 11.5 Å². The van der Waals surface area contributed by atoms with Crippen molar-refractivity contribution < 1.29 is 14.3 Å². The molecule has 7 heteroatoms. The highest BCUT2D eigenvalue weighted by molar-refractivity contribution is 5.99. The highest BCUT2D eigenvalue weighted by Crippen LogP contribution is 2.29. The van der Waals surface area contributed by atoms with Gasteiger partial charge in [0.15, 0.2) is 17.3 Å². The summed E-state index contributed by atoms with van der Waals surface area (Å²) in [5, 5.41) is 12.0. The number of carbonyl (C=O) groups excluding carboxylic acids is 1. The number of hydrogen-bond donors (Lipinski definition) is 3. The summed E-state index contributed by atoms with van der Waals surface area (Å²) < 4.78 is 10.3. The van der Waals surface area contributed by atoms with Gasteiger partial charge in [-0.1, -0.05) is 0 Å². The lowest BCUT2D eigenvalue weighted by molar-refractivity contribution is 0.262. The predicted octanol–water partition coefficient (Wildman–Crippen LogP) is 2.38. The van der Waals surface area contributed by atoms with Crippen LogP contribution in [0.1, 0.15) is 5.69 Å². The topological polar surface area (TPSA) is 88.3 Å². The Hall–Kier alpha value is -2.70. The number of aromatic nitrogens is 2. The number of amides is 2. The zero-order chi connectivity index (χ0) is 14.5. The second-order valence-corrected chi connectivity index (χ2v) is 4.09. The average Bonchev–Trinajstić information content (AvgIpc) is 2.83. The first kappa shape index (κ1) is 13.7. The van der Waals surface area contributed by atoms with E-state index in [1.54, 1.807) is 31.4 Å². The number of hydrogen-bond acceptors (Lipinski definition) is 4. The van der Waals surface area contributed by atoms with Crippen LogP contribution in [0.15, 0.2) is 24.3 Å². The number of nitrogens with zero attached hydrogens (tertiary/aromatic N) is 1. The van der Waals surface area contributed by atoms with Gasteiger partial charge in [0.1, 0.15) is 0 Å².